The molecule has 1 aromatic rings. The minimum Gasteiger partial charge on any atom is -0.361 e. The van der Waals surface area contributed by atoms with Crippen LogP contribution in [-0.4, -0.2) is 16.6 Å². The van der Waals surface area contributed by atoms with Gasteiger partial charge in [-0.15, -0.1) is 0 Å². The van der Waals surface area contributed by atoms with E-state index in [0.717, 1.165) is 42.0 Å². The number of nitrogens with one attached hydrogen (secondary N) is 1. The minimum atomic E-state index is -0.787. The van der Waals surface area contributed by atoms with E-state index < -0.39 is 5.54 Å². The lowest BCUT2D eigenvalue weighted by Gasteiger charge is -2.39. The Bertz CT molecular complexity index is 720. The molecule has 5 heteroatoms. The van der Waals surface area contributed by atoms with Crippen LogP contribution in [0.1, 0.15) is 55.5 Å². The van der Waals surface area contributed by atoms with Crippen molar-refractivity contribution < 1.29 is 9.32 Å². The van der Waals surface area contributed by atoms with E-state index in [2.05, 4.69) is 16.5 Å². The van der Waals surface area contributed by atoms with Gasteiger partial charge in [0.1, 0.15) is 11.3 Å². The third-order valence-corrected chi connectivity index (χ3v) is 6.13. The molecule has 1 saturated carbocycles. The molecule has 2 atom stereocenters. The Morgan fingerprint density at radius 3 is 2.67 bits per heavy atom. The minimum absolute atomic E-state index is 0.000868. The first kappa shape index (κ1) is 15.6. The lowest BCUT2D eigenvalue weighted by atomic mass is 9.66. The molecule has 24 heavy (non-hydrogen) atoms. The smallest absolute Gasteiger partial charge is 0.245 e. The van der Waals surface area contributed by atoms with Gasteiger partial charge in [0.2, 0.25) is 5.91 Å². The van der Waals surface area contributed by atoms with Crippen LogP contribution < -0.4 is 11.1 Å². The third kappa shape index (κ3) is 2.18. The summed E-state index contributed by atoms with van der Waals surface area (Å²) in [6.07, 6.45) is 10.6. The number of carbonyl (C=O) groups excluding carboxylic acids is 1. The maximum Gasteiger partial charge on any atom is 0.245 e. The number of aryl methyl sites for hydroxylation is 2. The predicted octanol–water partition coefficient (Wildman–Crippen LogP) is 2.99. The first-order valence-corrected chi connectivity index (χ1v) is 8.96. The highest BCUT2D eigenvalue weighted by atomic mass is 16.5. The molecule has 3 aliphatic rings. The number of hydrogen-bond acceptors (Lipinski definition) is 4. The number of nitrogens with zero attached hydrogens (tertiary/aromatic N) is 1. The summed E-state index contributed by atoms with van der Waals surface area (Å²) in [5.74, 6) is 1.13. The van der Waals surface area contributed by atoms with Crippen molar-refractivity contribution in [3.8, 4) is 0 Å². The van der Waals surface area contributed by atoms with Crippen LogP contribution in [0.15, 0.2) is 22.4 Å². The highest BCUT2D eigenvalue weighted by molar-refractivity contribution is 5.93. The fourth-order valence-corrected chi connectivity index (χ4v) is 4.83. The van der Waals surface area contributed by atoms with Crippen LogP contribution in [0, 0.1) is 25.7 Å². The lowest BCUT2D eigenvalue weighted by molar-refractivity contribution is -0.126. The predicted molar refractivity (Wildman–Crippen MR) is 91.8 cm³/mol. The van der Waals surface area contributed by atoms with Gasteiger partial charge in [0.05, 0.1) is 5.69 Å². The number of carbonyl (C=O) groups is 1. The van der Waals surface area contributed by atoms with Crippen LogP contribution in [0.3, 0.4) is 0 Å². The molecule has 3 N–H and O–H groups in total. The van der Waals surface area contributed by atoms with Gasteiger partial charge in [-0.2, -0.15) is 0 Å². The molecule has 1 aromatic heterocycles. The molecule has 0 aromatic carbocycles. The molecule has 2 fully saturated rings. The summed E-state index contributed by atoms with van der Waals surface area (Å²) < 4.78 is 5.32. The zero-order valence-electron chi connectivity index (χ0n) is 14.4. The van der Waals surface area contributed by atoms with Crippen LogP contribution in [0.4, 0.5) is 0 Å². The Balaban J connectivity index is 1.69. The second-order valence-corrected chi connectivity index (χ2v) is 7.49. The summed E-state index contributed by atoms with van der Waals surface area (Å²) in [6, 6.07) is 0. The van der Waals surface area contributed by atoms with Crippen molar-refractivity contribution in [3.63, 3.8) is 0 Å². The normalized spacial score (nSPS) is 30.6. The van der Waals surface area contributed by atoms with Gasteiger partial charge in [0, 0.05) is 17.2 Å². The Morgan fingerprint density at radius 1 is 1.25 bits per heavy atom. The van der Waals surface area contributed by atoms with Crippen LogP contribution in [0.2, 0.25) is 0 Å². The van der Waals surface area contributed by atoms with Crippen molar-refractivity contribution in [3.05, 3.63) is 34.9 Å². The average Bonchev–Trinajstić information content (AvgIpc) is 3.06. The summed E-state index contributed by atoms with van der Waals surface area (Å²) >= 11 is 0. The highest BCUT2D eigenvalue weighted by Crippen LogP contribution is 2.47. The van der Waals surface area contributed by atoms with E-state index in [1.54, 1.807) is 0 Å². The molecule has 2 heterocycles. The molecule has 5 nitrogen and oxygen atoms in total. The van der Waals surface area contributed by atoms with E-state index in [1.165, 1.54) is 24.8 Å². The molecule has 0 spiro atoms. The highest BCUT2D eigenvalue weighted by Gasteiger charge is 2.55. The van der Waals surface area contributed by atoms with Gasteiger partial charge >= 0.3 is 0 Å². The Kier molecular flexibility index (Phi) is 3.64. The molecule has 2 aliphatic carbocycles. The second kappa shape index (κ2) is 5.59. The van der Waals surface area contributed by atoms with Crippen molar-refractivity contribution in [1.29, 1.82) is 0 Å². The van der Waals surface area contributed by atoms with Crippen molar-refractivity contribution in [2.75, 3.05) is 0 Å². The molecular weight excluding hydrogens is 302 g/mol. The number of amides is 1. The van der Waals surface area contributed by atoms with Gasteiger partial charge in [-0.25, -0.2) is 0 Å². The number of aromatic nitrogens is 1. The quantitative estimate of drug-likeness (QED) is 0.875. The molecular formula is C19H25N3O2. The van der Waals surface area contributed by atoms with Crippen molar-refractivity contribution >= 4 is 11.5 Å². The number of nitrogens with two attached hydrogens (primary N) is 1. The summed E-state index contributed by atoms with van der Waals surface area (Å²) in [6.45, 7) is 3.89. The van der Waals surface area contributed by atoms with Crippen LogP contribution in [0.5, 0.6) is 0 Å². The van der Waals surface area contributed by atoms with Crippen LogP contribution in [0.25, 0.3) is 5.57 Å². The number of hydrogen-bond donors (Lipinski definition) is 2. The van der Waals surface area contributed by atoms with E-state index >= 15 is 0 Å². The molecule has 0 radical (unpaired) electrons. The first-order valence-electron chi connectivity index (χ1n) is 8.96. The Labute approximate surface area is 142 Å². The SMILES string of the molecule is Cc1noc(C)c1C1=CC=C2NC(=O)C(N)(C3CCCCC3)C2C1. The van der Waals surface area contributed by atoms with Gasteiger partial charge < -0.3 is 15.6 Å². The molecule has 128 valence electrons. The van der Waals surface area contributed by atoms with Crippen molar-refractivity contribution in [2.45, 2.75) is 57.9 Å². The molecule has 1 amide bonds. The molecule has 0 bridgehead atoms. The monoisotopic (exact) mass is 327 g/mol. The van der Waals surface area contributed by atoms with E-state index in [0.29, 0.717) is 0 Å². The van der Waals surface area contributed by atoms with E-state index in [9.17, 15) is 4.79 Å². The fraction of sp³-hybridized carbons (Fsp3) is 0.579. The van der Waals surface area contributed by atoms with Gasteiger partial charge in [-0.1, -0.05) is 30.5 Å². The Morgan fingerprint density at radius 2 is 2.00 bits per heavy atom. The summed E-state index contributed by atoms with van der Waals surface area (Å²) in [5.41, 5.74) is 10.1. The van der Waals surface area contributed by atoms with Crippen LogP contribution in [-0.2, 0) is 4.79 Å². The first-order chi connectivity index (χ1) is 11.5. The molecule has 1 aliphatic heterocycles. The van der Waals surface area contributed by atoms with Crippen molar-refractivity contribution in [2.24, 2.45) is 17.6 Å². The van der Waals surface area contributed by atoms with E-state index in [1.807, 2.05) is 19.9 Å². The molecule has 4 rings (SSSR count). The van der Waals surface area contributed by atoms with Crippen molar-refractivity contribution in [1.82, 2.24) is 10.5 Å². The van der Waals surface area contributed by atoms with E-state index in [4.69, 9.17) is 10.3 Å². The second-order valence-electron chi connectivity index (χ2n) is 7.49. The lowest BCUT2D eigenvalue weighted by Crippen LogP contribution is -2.57. The number of fused-ring (bicyclic) bond motifs is 1. The summed E-state index contributed by atoms with van der Waals surface area (Å²) in [5, 5.41) is 7.12. The number of rotatable bonds is 2. The summed E-state index contributed by atoms with van der Waals surface area (Å²) in [7, 11) is 0. The Hall–Kier alpha value is -1.88. The van der Waals surface area contributed by atoms with Gasteiger partial charge in [-0.05, 0) is 50.7 Å². The molecule has 1 saturated heterocycles. The standard InChI is InChI=1S/C19H25N3O2/c1-11-17(12(2)24-22-11)13-8-9-16-15(10-13)19(20,18(23)21-16)14-6-4-3-5-7-14/h8-9,14-15H,3-7,10,20H2,1-2H3,(H,21,23). The van der Waals surface area contributed by atoms with E-state index in [-0.39, 0.29) is 17.7 Å². The maximum atomic E-state index is 12.8. The largest absolute Gasteiger partial charge is 0.361 e. The zero-order valence-corrected chi connectivity index (χ0v) is 14.4. The third-order valence-electron chi connectivity index (χ3n) is 6.13. The van der Waals surface area contributed by atoms with Gasteiger partial charge in [0.15, 0.2) is 0 Å². The number of allylic oxidation sites excluding steroid dienone is 3. The maximum absolute atomic E-state index is 12.8. The van der Waals surface area contributed by atoms with Gasteiger partial charge in [-0.3, -0.25) is 4.79 Å². The zero-order chi connectivity index (χ0) is 16.9. The fourth-order valence-electron chi connectivity index (χ4n) is 4.83. The van der Waals surface area contributed by atoms with Gasteiger partial charge in [0.25, 0.3) is 0 Å². The average molecular weight is 327 g/mol. The summed E-state index contributed by atoms with van der Waals surface area (Å²) in [4.78, 5) is 12.8. The molecule has 2 unspecified atom stereocenters. The van der Waals surface area contributed by atoms with Crippen LogP contribution >= 0.6 is 0 Å². The topological polar surface area (TPSA) is 81.2 Å².